The van der Waals surface area contributed by atoms with Gasteiger partial charge >= 0.3 is 0 Å². The molecule has 1 heterocycles. The molecule has 1 aromatic heterocycles. The van der Waals surface area contributed by atoms with Crippen molar-refractivity contribution in [2.24, 2.45) is 0 Å². The molecule has 0 N–H and O–H groups in total. The standard InChI is InChI=1S/C30H25N/c1-3-4-5-10-23-11-8-12-24(20-23)25-13-9-14-26(21-25)31-29-16-7-6-15-27(29)28-19-22(2)17-18-30(28)31/h3-21H,1-2H3/b4-3-,10-5-. The molecule has 150 valence electrons. The van der Waals surface area contributed by atoms with Crippen LogP contribution in [0.3, 0.4) is 0 Å². The molecular weight excluding hydrogens is 374 g/mol. The van der Waals surface area contributed by atoms with E-state index in [2.05, 4.69) is 121 Å². The zero-order valence-electron chi connectivity index (χ0n) is 17.9. The number of aromatic nitrogens is 1. The molecule has 1 nitrogen and oxygen atoms in total. The first-order valence-electron chi connectivity index (χ1n) is 10.7. The van der Waals surface area contributed by atoms with Crippen molar-refractivity contribution in [3.63, 3.8) is 0 Å². The molecule has 5 aromatic rings. The van der Waals surface area contributed by atoms with E-state index in [-0.39, 0.29) is 0 Å². The number of aryl methyl sites for hydroxylation is 1. The first kappa shape index (κ1) is 19.1. The summed E-state index contributed by atoms with van der Waals surface area (Å²) in [4.78, 5) is 0. The van der Waals surface area contributed by atoms with E-state index in [1.807, 2.05) is 13.0 Å². The van der Waals surface area contributed by atoms with Gasteiger partial charge in [-0.1, -0.05) is 84.5 Å². The Morgan fingerprint density at radius 2 is 1.42 bits per heavy atom. The van der Waals surface area contributed by atoms with E-state index in [4.69, 9.17) is 0 Å². The van der Waals surface area contributed by atoms with Crippen LogP contribution in [-0.2, 0) is 0 Å². The summed E-state index contributed by atoms with van der Waals surface area (Å²) in [6.45, 7) is 4.19. The van der Waals surface area contributed by atoms with Crippen LogP contribution in [-0.4, -0.2) is 4.57 Å². The number of hydrogen-bond donors (Lipinski definition) is 0. The van der Waals surface area contributed by atoms with E-state index in [1.165, 1.54) is 49.7 Å². The van der Waals surface area contributed by atoms with Gasteiger partial charge in [0.25, 0.3) is 0 Å². The zero-order chi connectivity index (χ0) is 21.2. The van der Waals surface area contributed by atoms with E-state index < -0.39 is 0 Å². The maximum atomic E-state index is 2.38. The fourth-order valence-electron chi connectivity index (χ4n) is 4.29. The third kappa shape index (κ3) is 3.60. The Labute approximate surface area is 183 Å². The molecular formula is C30H25N. The Bertz CT molecular complexity index is 1450. The lowest BCUT2D eigenvalue weighted by Crippen LogP contribution is -1.94. The van der Waals surface area contributed by atoms with Crippen LogP contribution in [0.1, 0.15) is 18.1 Å². The molecule has 0 bridgehead atoms. The van der Waals surface area contributed by atoms with Gasteiger partial charge < -0.3 is 4.57 Å². The van der Waals surface area contributed by atoms with Crippen LogP contribution in [0.15, 0.2) is 109 Å². The Morgan fingerprint density at radius 1 is 0.645 bits per heavy atom. The predicted molar refractivity (Wildman–Crippen MR) is 135 cm³/mol. The van der Waals surface area contributed by atoms with Crippen molar-refractivity contribution in [3.8, 4) is 16.8 Å². The lowest BCUT2D eigenvalue weighted by atomic mass is 10.0. The summed E-state index contributed by atoms with van der Waals surface area (Å²) in [5, 5.41) is 2.60. The number of nitrogens with zero attached hydrogens (tertiary/aromatic N) is 1. The van der Waals surface area contributed by atoms with E-state index in [0.717, 1.165) is 0 Å². The first-order chi connectivity index (χ1) is 15.2. The van der Waals surface area contributed by atoms with Crippen molar-refractivity contribution in [3.05, 3.63) is 120 Å². The molecule has 0 saturated heterocycles. The van der Waals surface area contributed by atoms with Gasteiger partial charge in [0.2, 0.25) is 0 Å². The normalized spacial score (nSPS) is 11.9. The molecule has 4 aromatic carbocycles. The van der Waals surface area contributed by atoms with Crippen molar-refractivity contribution in [2.75, 3.05) is 0 Å². The number of benzene rings is 4. The van der Waals surface area contributed by atoms with E-state index in [0.29, 0.717) is 0 Å². The third-order valence-corrected chi connectivity index (χ3v) is 5.74. The quantitative estimate of drug-likeness (QED) is 0.268. The number of para-hydroxylation sites is 1. The summed E-state index contributed by atoms with van der Waals surface area (Å²) in [6, 6.07) is 32.9. The average molecular weight is 400 g/mol. The van der Waals surface area contributed by atoms with Crippen molar-refractivity contribution in [1.29, 1.82) is 0 Å². The summed E-state index contributed by atoms with van der Waals surface area (Å²) >= 11 is 0. The van der Waals surface area contributed by atoms with Gasteiger partial charge in [0.15, 0.2) is 0 Å². The summed E-state index contributed by atoms with van der Waals surface area (Å²) < 4.78 is 2.38. The number of rotatable bonds is 4. The van der Waals surface area contributed by atoms with Gasteiger partial charge in [-0.25, -0.2) is 0 Å². The maximum absolute atomic E-state index is 2.38. The largest absolute Gasteiger partial charge is 0.309 e. The number of allylic oxidation sites excluding steroid dienone is 3. The number of hydrogen-bond acceptors (Lipinski definition) is 0. The second-order valence-corrected chi connectivity index (χ2v) is 7.93. The smallest absolute Gasteiger partial charge is 0.0541 e. The monoisotopic (exact) mass is 399 g/mol. The van der Waals surface area contributed by atoms with Gasteiger partial charge in [0, 0.05) is 16.5 Å². The maximum Gasteiger partial charge on any atom is 0.0541 e. The van der Waals surface area contributed by atoms with Crippen molar-refractivity contribution in [1.82, 2.24) is 4.57 Å². The topological polar surface area (TPSA) is 4.93 Å². The summed E-state index contributed by atoms with van der Waals surface area (Å²) in [5.41, 5.74) is 8.59. The second-order valence-electron chi connectivity index (χ2n) is 7.93. The van der Waals surface area contributed by atoms with E-state index in [1.54, 1.807) is 0 Å². The van der Waals surface area contributed by atoms with Gasteiger partial charge in [0.1, 0.15) is 0 Å². The zero-order valence-corrected chi connectivity index (χ0v) is 17.9. The molecule has 0 atom stereocenters. The predicted octanol–water partition coefficient (Wildman–Crippen LogP) is 8.35. The molecule has 0 saturated carbocycles. The molecule has 0 aliphatic rings. The van der Waals surface area contributed by atoms with Gasteiger partial charge in [0.05, 0.1) is 11.0 Å². The molecule has 0 amide bonds. The van der Waals surface area contributed by atoms with Gasteiger partial charge in [-0.15, -0.1) is 0 Å². The van der Waals surface area contributed by atoms with Gasteiger partial charge in [-0.3, -0.25) is 0 Å². The first-order valence-corrected chi connectivity index (χ1v) is 10.7. The van der Waals surface area contributed by atoms with Crippen LogP contribution in [0.2, 0.25) is 0 Å². The molecule has 5 rings (SSSR count). The van der Waals surface area contributed by atoms with E-state index in [9.17, 15) is 0 Å². The summed E-state index contributed by atoms with van der Waals surface area (Å²) in [6.07, 6.45) is 8.31. The molecule has 0 fully saturated rings. The molecule has 0 spiro atoms. The Hall–Kier alpha value is -3.84. The van der Waals surface area contributed by atoms with Crippen LogP contribution in [0, 0.1) is 6.92 Å². The minimum Gasteiger partial charge on any atom is -0.309 e. The molecule has 0 radical (unpaired) electrons. The minimum absolute atomic E-state index is 1.18. The molecule has 31 heavy (non-hydrogen) atoms. The van der Waals surface area contributed by atoms with Crippen LogP contribution in [0.4, 0.5) is 0 Å². The van der Waals surface area contributed by atoms with Crippen LogP contribution >= 0.6 is 0 Å². The third-order valence-electron chi connectivity index (χ3n) is 5.74. The fraction of sp³-hybridized carbons (Fsp3) is 0.0667. The highest BCUT2D eigenvalue weighted by Gasteiger charge is 2.12. The Kier molecular flexibility index (Phi) is 5.01. The fourth-order valence-corrected chi connectivity index (χ4v) is 4.29. The van der Waals surface area contributed by atoms with Crippen molar-refractivity contribution >= 4 is 27.9 Å². The van der Waals surface area contributed by atoms with E-state index >= 15 is 0 Å². The van der Waals surface area contributed by atoms with Crippen LogP contribution < -0.4 is 0 Å². The van der Waals surface area contributed by atoms with Crippen molar-refractivity contribution in [2.45, 2.75) is 13.8 Å². The summed E-state index contributed by atoms with van der Waals surface area (Å²) in [5.74, 6) is 0. The van der Waals surface area contributed by atoms with Crippen LogP contribution in [0.25, 0.3) is 44.7 Å². The molecule has 1 heteroatoms. The average Bonchev–Trinajstić information content (AvgIpc) is 3.13. The van der Waals surface area contributed by atoms with Gasteiger partial charge in [-0.05, 0) is 66.9 Å². The highest BCUT2D eigenvalue weighted by atomic mass is 15.0. The molecule has 0 unspecified atom stereocenters. The molecule has 0 aliphatic carbocycles. The highest BCUT2D eigenvalue weighted by Crippen LogP contribution is 2.33. The Morgan fingerprint density at radius 3 is 2.29 bits per heavy atom. The lowest BCUT2D eigenvalue weighted by molar-refractivity contribution is 1.18. The minimum atomic E-state index is 1.18. The van der Waals surface area contributed by atoms with Crippen LogP contribution in [0.5, 0.6) is 0 Å². The lowest BCUT2D eigenvalue weighted by Gasteiger charge is -2.11. The Balaban J connectivity index is 1.67. The summed E-state index contributed by atoms with van der Waals surface area (Å²) in [7, 11) is 0. The number of fused-ring (bicyclic) bond motifs is 3. The second kappa shape index (κ2) is 8.12. The molecule has 0 aliphatic heterocycles. The highest BCUT2D eigenvalue weighted by molar-refractivity contribution is 6.09. The van der Waals surface area contributed by atoms with Gasteiger partial charge in [-0.2, -0.15) is 0 Å². The SMILES string of the molecule is C/C=C\C=C/c1cccc(-c2cccc(-n3c4ccccc4c4cc(C)ccc43)c2)c1. The van der Waals surface area contributed by atoms with Crippen molar-refractivity contribution < 1.29 is 0 Å².